The molecule has 7 nitrogen and oxygen atoms in total. The van der Waals surface area contributed by atoms with E-state index in [1.165, 1.54) is 37.4 Å². The second-order valence-corrected chi connectivity index (χ2v) is 8.10. The van der Waals surface area contributed by atoms with E-state index in [2.05, 4.69) is 13.8 Å². The van der Waals surface area contributed by atoms with Gasteiger partial charge in [0.2, 0.25) is 0 Å². The van der Waals surface area contributed by atoms with Gasteiger partial charge in [0.05, 0.1) is 31.7 Å². The van der Waals surface area contributed by atoms with E-state index in [4.69, 9.17) is 9.47 Å². The molecule has 27 heavy (non-hydrogen) atoms. The quantitative estimate of drug-likeness (QED) is 0.395. The smallest absolute Gasteiger partial charge is 0.134 e. The molecule has 0 bridgehead atoms. The maximum Gasteiger partial charge on any atom is 0.134 e. The van der Waals surface area contributed by atoms with Crippen molar-refractivity contribution in [1.82, 2.24) is 10.3 Å². The number of nitrogens with zero attached hydrogens (tertiary/aromatic N) is 3. The molecule has 0 aromatic heterocycles. The van der Waals surface area contributed by atoms with E-state index in [0.29, 0.717) is 57.2 Å². The number of morpholine rings is 2. The fourth-order valence-electron chi connectivity index (χ4n) is 4.76. The van der Waals surface area contributed by atoms with Crippen LogP contribution in [0.1, 0.15) is 58.8 Å². The zero-order valence-electron chi connectivity index (χ0n) is 17.5. The summed E-state index contributed by atoms with van der Waals surface area (Å²) in [5, 5.41) is 24.3. The summed E-state index contributed by atoms with van der Waals surface area (Å²) in [7, 11) is 0. The maximum absolute atomic E-state index is 11.1. The van der Waals surface area contributed by atoms with Crippen molar-refractivity contribution < 1.29 is 24.4 Å². The van der Waals surface area contributed by atoms with Crippen LogP contribution < -0.4 is 0 Å². The molecule has 2 aliphatic rings. The van der Waals surface area contributed by atoms with Gasteiger partial charge in [-0.2, -0.15) is 9.60 Å². The van der Waals surface area contributed by atoms with Crippen LogP contribution >= 0.6 is 0 Å². The average molecular weight is 389 g/mol. The Hall–Kier alpha value is -0.280. The van der Waals surface area contributed by atoms with Gasteiger partial charge in [-0.3, -0.25) is 5.21 Å². The van der Waals surface area contributed by atoms with E-state index in [9.17, 15) is 10.3 Å². The predicted octanol–water partition coefficient (Wildman–Crippen LogP) is 2.43. The number of ether oxygens (including phenoxy) is 2. The number of aliphatic hydroxyl groups excluding tert-OH is 1. The van der Waals surface area contributed by atoms with Gasteiger partial charge < -0.3 is 14.6 Å². The van der Waals surface area contributed by atoms with Gasteiger partial charge >= 0.3 is 0 Å². The van der Waals surface area contributed by atoms with Crippen molar-refractivity contribution in [3.8, 4) is 0 Å². The monoisotopic (exact) mass is 388 g/mol. The Morgan fingerprint density at radius 1 is 1.07 bits per heavy atom. The first-order valence-corrected chi connectivity index (χ1v) is 11.0. The lowest BCUT2D eigenvalue weighted by atomic mass is 9.91. The van der Waals surface area contributed by atoms with Gasteiger partial charge in [0, 0.05) is 19.5 Å². The molecule has 2 fully saturated rings. The van der Waals surface area contributed by atoms with Crippen molar-refractivity contribution in [3.05, 3.63) is 0 Å². The van der Waals surface area contributed by atoms with Crippen molar-refractivity contribution in [2.75, 3.05) is 59.2 Å². The molecule has 0 spiro atoms. The lowest BCUT2D eigenvalue weighted by Gasteiger charge is -2.51. The summed E-state index contributed by atoms with van der Waals surface area (Å²) in [5.74, 6) is 0.814. The number of hydrazine groups is 1. The van der Waals surface area contributed by atoms with Crippen LogP contribution in [0, 0.1) is 5.92 Å². The molecule has 2 rings (SSSR count). The van der Waals surface area contributed by atoms with E-state index >= 15 is 0 Å². The first-order valence-electron chi connectivity index (χ1n) is 11.0. The zero-order chi connectivity index (χ0) is 19.5. The van der Waals surface area contributed by atoms with Crippen LogP contribution in [0.15, 0.2) is 0 Å². The van der Waals surface area contributed by atoms with Gasteiger partial charge in [0.15, 0.2) is 0 Å². The molecule has 0 saturated carbocycles. The summed E-state index contributed by atoms with van der Waals surface area (Å²) in [6.45, 7) is 9.72. The zero-order valence-corrected chi connectivity index (χ0v) is 17.5. The molecule has 2 atom stereocenters. The molecule has 2 N–H and O–H groups in total. The van der Waals surface area contributed by atoms with Crippen molar-refractivity contribution in [3.63, 3.8) is 0 Å². The van der Waals surface area contributed by atoms with Crippen LogP contribution in [-0.2, 0) is 9.47 Å². The summed E-state index contributed by atoms with van der Waals surface area (Å²) in [6.07, 6.45) is 8.55. The average Bonchev–Trinajstić information content (AvgIpc) is 2.70. The van der Waals surface area contributed by atoms with Crippen LogP contribution in [0.2, 0.25) is 0 Å². The Morgan fingerprint density at radius 2 is 1.78 bits per heavy atom. The Kier molecular flexibility index (Phi) is 10.5. The molecule has 2 unspecified atom stereocenters. The van der Waals surface area contributed by atoms with Gasteiger partial charge in [-0.05, 0) is 12.3 Å². The van der Waals surface area contributed by atoms with E-state index < -0.39 is 0 Å². The third-order valence-corrected chi connectivity index (χ3v) is 6.24. The molecular formula is C20H42N3O4+. The molecule has 0 amide bonds. The second-order valence-electron chi connectivity index (χ2n) is 8.10. The fraction of sp³-hybridized carbons (Fsp3) is 1.00. The van der Waals surface area contributed by atoms with Crippen LogP contribution in [0.25, 0.3) is 0 Å². The predicted molar refractivity (Wildman–Crippen MR) is 105 cm³/mol. The van der Waals surface area contributed by atoms with Crippen LogP contribution in [0.5, 0.6) is 0 Å². The third kappa shape index (κ3) is 6.35. The summed E-state index contributed by atoms with van der Waals surface area (Å²) in [6, 6.07) is 0.183. The molecule has 2 heterocycles. The highest BCUT2D eigenvalue weighted by molar-refractivity contribution is 4.67. The Labute approximate surface area is 165 Å². The van der Waals surface area contributed by atoms with E-state index in [0.717, 1.165) is 18.8 Å². The third-order valence-electron chi connectivity index (χ3n) is 6.24. The van der Waals surface area contributed by atoms with Gasteiger partial charge in [-0.1, -0.05) is 46.0 Å². The van der Waals surface area contributed by atoms with Crippen LogP contribution in [-0.4, -0.2) is 90.5 Å². The summed E-state index contributed by atoms with van der Waals surface area (Å²) in [5.41, 5.74) is 0. The minimum atomic E-state index is 0.0617. The summed E-state index contributed by atoms with van der Waals surface area (Å²) in [4.78, 5) is 0. The molecule has 0 aliphatic carbocycles. The van der Waals surface area contributed by atoms with Crippen molar-refractivity contribution >= 4 is 0 Å². The Morgan fingerprint density at radius 3 is 2.41 bits per heavy atom. The molecule has 160 valence electrons. The van der Waals surface area contributed by atoms with Crippen LogP contribution in [0.3, 0.4) is 0 Å². The highest BCUT2D eigenvalue weighted by atomic mass is 16.6. The molecule has 0 aromatic rings. The molecular weight excluding hydrogens is 346 g/mol. The highest BCUT2D eigenvalue weighted by Crippen LogP contribution is 2.29. The second kappa shape index (κ2) is 12.3. The van der Waals surface area contributed by atoms with Gasteiger partial charge in [-0.15, -0.1) is 0 Å². The minimum Gasteiger partial charge on any atom is -0.390 e. The number of quaternary nitrogens is 1. The van der Waals surface area contributed by atoms with Gasteiger partial charge in [0.25, 0.3) is 0 Å². The summed E-state index contributed by atoms with van der Waals surface area (Å²) >= 11 is 0. The highest BCUT2D eigenvalue weighted by Gasteiger charge is 2.47. The van der Waals surface area contributed by atoms with Gasteiger partial charge in [0.1, 0.15) is 25.7 Å². The molecule has 0 aromatic carbocycles. The van der Waals surface area contributed by atoms with Crippen molar-refractivity contribution in [2.24, 2.45) is 5.92 Å². The number of hydrogen-bond acceptors (Lipinski definition) is 6. The fourth-order valence-corrected chi connectivity index (χ4v) is 4.76. The normalized spacial score (nSPS) is 27.6. The molecule has 2 aliphatic heterocycles. The lowest BCUT2D eigenvalue weighted by Crippen LogP contribution is -2.74. The Bertz CT molecular complexity index is 385. The van der Waals surface area contributed by atoms with Gasteiger partial charge in [-0.25, -0.2) is 0 Å². The topological polar surface area (TPSA) is 65.4 Å². The minimum absolute atomic E-state index is 0.0617. The molecule has 7 heteroatoms. The van der Waals surface area contributed by atoms with Crippen molar-refractivity contribution in [1.29, 1.82) is 0 Å². The van der Waals surface area contributed by atoms with Crippen molar-refractivity contribution in [2.45, 2.75) is 64.8 Å². The van der Waals surface area contributed by atoms with E-state index in [1.807, 2.05) is 5.01 Å². The first-order chi connectivity index (χ1) is 13.2. The largest absolute Gasteiger partial charge is 0.390 e. The SMILES string of the molecule is CCCC(CCC)CCCC1COCC[N+]1(CCO)N(O)N1CCOCC1. The molecule has 2 saturated heterocycles. The van der Waals surface area contributed by atoms with E-state index in [-0.39, 0.29) is 12.6 Å². The van der Waals surface area contributed by atoms with Crippen LogP contribution in [0.4, 0.5) is 0 Å². The number of aliphatic hydroxyl groups is 1. The Balaban J connectivity index is 2.01. The number of rotatable bonds is 12. The standard InChI is InChI=1S/C20H42N3O4/c1-3-6-19(7-4-2)8-5-9-20-18-27-17-13-23(20,12-14-24)22(25)21-10-15-26-16-11-21/h19-20,24-25H,3-18H2,1-2H3/q+1. The lowest BCUT2D eigenvalue weighted by molar-refractivity contribution is -1.11. The maximum atomic E-state index is 11.1. The summed E-state index contributed by atoms with van der Waals surface area (Å²) < 4.78 is 11.6. The first kappa shape index (κ1) is 23.0. The van der Waals surface area contributed by atoms with E-state index in [1.54, 1.807) is 0 Å². The number of hydrogen-bond donors (Lipinski definition) is 2. The molecule has 0 radical (unpaired) electrons.